The van der Waals surface area contributed by atoms with Crippen molar-refractivity contribution in [1.82, 2.24) is 41.3 Å². The summed E-state index contributed by atoms with van der Waals surface area (Å²) in [4.78, 5) is 130. The van der Waals surface area contributed by atoms with Gasteiger partial charge in [0.25, 0.3) is 17.7 Å². The Morgan fingerprint density at radius 2 is 1.47 bits per heavy atom. The molecule has 1 saturated carbocycles. The van der Waals surface area contributed by atoms with Crippen molar-refractivity contribution in [2.75, 3.05) is 64.7 Å². The standard InChI is InChI=1S/C49H63N11O11.C2HF3O2/c1-31(33-11-9-32(29-50)10-12-33)55-43(64)38-28-36(30-54-38)70-48(69)71-41(44(65)59-26-24-58(2)25-27-59)34-13-15-35(16-14-34)56-42(63)37(8-6-22-53-47(51)68)57-46(67)49(19-7-20-49)45(66)52-21-4-3-5-23-60-39(61)17-18-40(60)62;3-2(4,5)1(6)7/h9-18,31,36-38,41,54H,3-8,19-28,30H2,1-2H3,(H,52,66)(H,55,64)(H,56,63)(H,57,67)(H3,51,53,68);(H,6,7)/t31-,36+,37-,38-,41?;/m0./s1. The second kappa shape index (κ2) is 28.3. The van der Waals surface area contributed by atoms with Gasteiger partial charge in [-0.2, -0.15) is 18.4 Å². The lowest BCUT2D eigenvalue weighted by atomic mass is 9.67. The van der Waals surface area contributed by atoms with Gasteiger partial charge in [-0.3, -0.25) is 38.5 Å². The fraction of sp³-hybridized carbons (Fsp3) is 0.510. The maximum Gasteiger partial charge on any atom is 0.509 e. The zero-order valence-electron chi connectivity index (χ0n) is 43.0. The van der Waals surface area contributed by atoms with E-state index in [-0.39, 0.29) is 93.3 Å². The molecule has 3 fully saturated rings. The van der Waals surface area contributed by atoms with Crippen LogP contribution in [0.4, 0.5) is 28.4 Å². The number of nitrogens with one attached hydrogen (secondary N) is 6. The summed E-state index contributed by atoms with van der Waals surface area (Å²) in [6.45, 7) is 4.61. The van der Waals surface area contributed by atoms with Crippen molar-refractivity contribution < 1.29 is 75.7 Å². The lowest BCUT2D eigenvalue weighted by Crippen LogP contribution is -2.58. The summed E-state index contributed by atoms with van der Waals surface area (Å²) >= 11 is 0. The first-order valence-electron chi connectivity index (χ1n) is 25.3. The second-order valence-corrected chi connectivity index (χ2v) is 19.1. The van der Waals surface area contributed by atoms with Crippen LogP contribution in [0.5, 0.6) is 0 Å². The summed E-state index contributed by atoms with van der Waals surface area (Å²) < 4.78 is 43.1. The molecule has 0 bridgehead atoms. The number of hydrogen-bond acceptors (Lipinski definition) is 15. The van der Waals surface area contributed by atoms with Crippen LogP contribution in [0.25, 0.3) is 0 Å². The van der Waals surface area contributed by atoms with Gasteiger partial charge in [-0.1, -0.05) is 30.7 Å². The fourth-order valence-corrected chi connectivity index (χ4v) is 8.69. The number of hydrogen-bond donors (Lipinski definition) is 8. The predicted octanol–water partition coefficient (Wildman–Crippen LogP) is 2.02. The van der Waals surface area contributed by atoms with Crippen LogP contribution in [-0.4, -0.2) is 163 Å². The van der Waals surface area contributed by atoms with E-state index < -0.39 is 77.7 Å². The van der Waals surface area contributed by atoms with Gasteiger partial charge in [0.15, 0.2) is 0 Å². The van der Waals surface area contributed by atoms with Crippen LogP contribution in [0.2, 0.25) is 0 Å². The molecular weight excluding hydrogens is 1030 g/mol. The third-order valence-electron chi connectivity index (χ3n) is 13.5. The number of benzene rings is 2. The van der Waals surface area contributed by atoms with E-state index in [0.717, 1.165) is 10.5 Å². The second-order valence-electron chi connectivity index (χ2n) is 19.1. The van der Waals surface area contributed by atoms with Crippen molar-refractivity contribution in [2.24, 2.45) is 11.1 Å². The van der Waals surface area contributed by atoms with Crippen LogP contribution in [0.3, 0.4) is 0 Å². The number of carbonyl (C=O) groups excluding carboxylic acids is 9. The van der Waals surface area contributed by atoms with Gasteiger partial charge in [-0.25, -0.2) is 14.4 Å². The number of carbonyl (C=O) groups is 10. The number of imide groups is 1. The predicted molar refractivity (Wildman–Crippen MR) is 269 cm³/mol. The molecule has 78 heavy (non-hydrogen) atoms. The molecular formula is C51H64F3N11O13. The van der Waals surface area contributed by atoms with Gasteiger partial charge in [0.1, 0.15) is 17.6 Å². The molecule has 1 aliphatic carbocycles. The van der Waals surface area contributed by atoms with E-state index in [1.165, 1.54) is 36.4 Å². The Morgan fingerprint density at radius 3 is 2.05 bits per heavy atom. The highest BCUT2D eigenvalue weighted by Gasteiger charge is 2.51. The summed E-state index contributed by atoms with van der Waals surface area (Å²) in [6.07, 6.45) is -2.54. The van der Waals surface area contributed by atoms with Crippen molar-refractivity contribution >= 4 is 65.2 Å². The quantitative estimate of drug-likeness (QED) is 0.0362. The Morgan fingerprint density at radius 1 is 0.859 bits per heavy atom. The summed E-state index contributed by atoms with van der Waals surface area (Å²) in [5.74, 6) is -5.94. The van der Waals surface area contributed by atoms with Crippen molar-refractivity contribution in [1.29, 1.82) is 5.26 Å². The highest BCUT2D eigenvalue weighted by Crippen LogP contribution is 2.41. The third-order valence-corrected chi connectivity index (χ3v) is 13.5. The number of unbranched alkanes of at least 4 members (excludes halogenated alkanes) is 2. The molecule has 1 unspecified atom stereocenters. The molecule has 2 aromatic carbocycles. The number of amides is 9. The number of primary amides is 1. The van der Waals surface area contributed by atoms with E-state index in [4.69, 9.17) is 30.4 Å². The largest absolute Gasteiger partial charge is 0.509 e. The van der Waals surface area contributed by atoms with Gasteiger partial charge in [0.05, 0.1) is 23.7 Å². The molecule has 4 aliphatic rings. The highest BCUT2D eigenvalue weighted by atomic mass is 19.4. The number of carboxylic acids is 1. The number of likely N-dealkylation sites (N-methyl/N-ethyl adjacent to an activating group) is 1. The number of carboxylic acid groups (broad SMARTS) is 1. The van der Waals surface area contributed by atoms with Gasteiger partial charge in [-0.15, -0.1) is 0 Å². The molecule has 2 aromatic rings. The zero-order valence-corrected chi connectivity index (χ0v) is 43.0. The van der Waals surface area contributed by atoms with Gasteiger partial charge >= 0.3 is 24.3 Å². The Kier molecular flexibility index (Phi) is 22.0. The lowest BCUT2D eigenvalue weighted by Gasteiger charge is -2.39. The van der Waals surface area contributed by atoms with Gasteiger partial charge < -0.3 is 62.0 Å². The number of nitriles is 1. The minimum atomic E-state index is -5.08. The maximum atomic E-state index is 14.0. The average molecular weight is 1100 g/mol. The Bertz CT molecular complexity index is 2570. The summed E-state index contributed by atoms with van der Waals surface area (Å²) in [6, 6.07) is 12.1. The van der Waals surface area contributed by atoms with E-state index in [9.17, 15) is 56.3 Å². The van der Waals surface area contributed by atoms with E-state index in [0.29, 0.717) is 57.4 Å². The van der Waals surface area contributed by atoms with Gasteiger partial charge in [0.2, 0.25) is 29.7 Å². The molecule has 9 amide bonds. The Hall–Kier alpha value is -8.12. The average Bonchev–Trinajstić information content (AvgIpc) is 4.01. The van der Waals surface area contributed by atoms with Crippen molar-refractivity contribution in [3.63, 3.8) is 0 Å². The van der Waals surface area contributed by atoms with Crippen LogP contribution >= 0.6 is 0 Å². The summed E-state index contributed by atoms with van der Waals surface area (Å²) in [5.41, 5.74) is 5.72. The number of nitrogens with two attached hydrogens (primary N) is 1. The van der Waals surface area contributed by atoms with E-state index in [1.807, 2.05) is 14.0 Å². The van der Waals surface area contributed by atoms with Crippen LogP contribution in [0.15, 0.2) is 60.7 Å². The molecule has 0 spiro atoms. The van der Waals surface area contributed by atoms with Gasteiger partial charge in [0, 0.05) is 82.2 Å². The normalized spacial score (nSPS) is 18.8. The van der Waals surface area contributed by atoms with Crippen molar-refractivity contribution in [2.45, 2.75) is 101 Å². The number of halogens is 3. The lowest BCUT2D eigenvalue weighted by molar-refractivity contribution is -0.192. The molecule has 5 atom stereocenters. The molecule has 3 aliphatic heterocycles. The van der Waals surface area contributed by atoms with Crippen LogP contribution in [0, 0.1) is 16.7 Å². The molecule has 2 saturated heterocycles. The fourth-order valence-electron chi connectivity index (χ4n) is 8.69. The van der Waals surface area contributed by atoms with Crippen LogP contribution in [0.1, 0.15) is 93.5 Å². The molecule has 9 N–H and O–H groups in total. The molecule has 6 rings (SSSR count). The SMILES string of the molecule is C[C@H](NC(=O)[C@@H]1C[C@@H](OC(=O)OC(C(=O)N2CCN(C)CC2)c2ccc(NC(=O)[C@H](CCCNC(N)=O)NC(=O)C3(C(=O)NCCCCCN4C(=O)C=CC4=O)CCC3)cc2)CN1)c1ccc(C#N)cc1.O=C(O)C(F)(F)F. The first-order valence-corrected chi connectivity index (χ1v) is 25.3. The number of nitrogens with zero attached hydrogens (tertiary/aromatic N) is 4. The molecule has 422 valence electrons. The minimum absolute atomic E-state index is 0.0718. The topological polar surface area (TPSA) is 341 Å². The third kappa shape index (κ3) is 17.5. The molecule has 27 heteroatoms. The van der Waals surface area contributed by atoms with Crippen LogP contribution < -0.4 is 37.6 Å². The highest BCUT2D eigenvalue weighted by molar-refractivity contribution is 6.13. The number of anilines is 1. The first kappa shape index (κ1) is 60.7. The van der Waals surface area contributed by atoms with E-state index >= 15 is 0 Å². The number of piperazine rings is 1. The number of rotatable bonds is 22. The van der Waals surface area contributed by atoms with Crippen LogP contribution in [-0.2, 0) is 47.8 Å². The first-order chi connectivity index (χ1) is 37.0. The zero-order chi connectivity index (χ0) is 57.2. The van der Waals surface area contributed by atoms with E-state index in [1.54, 1.807) is 29.2 Å². The monoisotopic (exact) mass is 1100 g/mol. The number of alkyl halides is 3. The van der Waals surface area contributed by atoms with Crippen molar-refractivity contribution in [3.05, 3.63) is 77.4 Å². The Balaban J connectivity index is 0.00000150. The molecule has 0 aromatic heterocycles. The number of aliphatic carboxylic acids is 1. The minimum Gasteiger partial charge on any atom is -0.475 e. The summed E-state index contributed by atoms with van der Waals surface area (Å²) in [7, 11) is 1.94. The molecule has 24 nitrogen and oxygen atoms in total. The maximum absolute atomic E-state index is 14.0. The number of urea groups is 1. The molecule has 0 radical (unpaired) electrons. The smallest absolute Gasteiger partial charge is 0.475 e. The molecule has 3 heterocycles. The Labute approximate surface area is 446 Å². The number of ether oxygens (including phenoxy) is 2. The van der Waals surface area contributed by atoms with E-state index in [2.05, 4.69) is 42.9 Å². The van der Waals surface area contributed by atoms with Crippen molar-refractivity contribution in [3.8, 4) is 6.07 Å². The van der Waals surface area contributed by atoms with Gasteiger partial charge in [-0.05, 0) is 88.7 Å². The summed E-state index contributed by atoms with van der Waals surface area (Å²) in [5, 5.41) is 33.1.